The average Bonchev–Trinajstić information content (AvgIpc) is 3.14. The zero-order chi connectivity index (χ0) is 21.0. The number of aromatic nitrogens is 1. The third-order valence-electron chi connectivity index (χ3n) is 5.88. The molecule has 0 aliphatic carbocycles. The standard InChI is InChI=1S/C24H20F2N2O2/c1-15-13-24(25,26)20-6-3-2-5-18(20)21-11-16-8-9-17(27-10-4-7-22(27)29)12-19(16)23(30)28(21)14-15/h2-3,5-6,8-9,11-13H,4,7,10,14H2,1H3. The summed E-state index contributed by atoms with van der Waals surface area (Å²) >= 11 is 0. The summed E-state index contributed by atoms with van der Waals surface area (Å²) in [7, 11) is 0. The summed E-state index contributed by atoms with van der Waals surface area (Å²) in [6.45, 7) is 2.34. The van der Waals surface area contributed by atoms with E-state index in [1.165, 1.54) is 6.07 Å². The maximum atomic E-state index is 14.9. The first-order valence-electron chi connectivity index (χ1n) is 9.99. The Bertz CT molecular complexity index is 1290. The van der Waals surface area contributed by atoms with Gasteiger partial charge in [-0.25, -0.2) is 0 Å². The lowest BCUT2D eigenvalue weighted by Gasteiger charge is -2.24. The molecule has 30 heavy (non-hydrogen) atoms. The topological polar surface area (TPSA) is 42.3 Å². The number of nitrogens with zero attached hydrogens (tertiary/aromatic N) is 2. The van der Waals surface area contributed by atoms with Gasteiger partial charge in [-0.1, -0.05) is 35.9 Å². The van der Waals surface area contributed by atoms with Crippen LogP contribution in [-0.2, 0) is 17.3 Å². The van der Waals surface area contributed by atoms with E-state index in [2.05, 4.69) is 0 Å². The normalized spacial score (nSPS) is 17.9. The number of amides is 1. The fourth-order valence-electron chi connectivity index (χ4n) is 4.48. The summed E-state index contributed by atoms with van der Waals surface area (Å²) in [5.41, 5.74) is 1.58. The maximum Gasteiger partial charge on any atom is 0.292 e. The lowest BCUT2D eigenvalue weighted by Crippen LogP contribution is -2.27. The molecule has 1 aromatic heterocycles. The quantitative estimate of drug-likeness (QED) is 0.543. The maximum absolute atomic E-state index is 14.9. The average molecular weight is 406 g/mol. The molecule has 3 heterocycles. The van der Waals surface area contributed by atoms with Crippen molar-refractivity contribution < 1.29 is 13.6 Å². The number of carbonyl (C=O) groups excluding carboxylic acids is 1. The van der Waals surface area contributed by atoms with Crippen molar-refractivity contribution in [3.05, 3.63) is 76.1 Å². The molecule has 0 unspecified atom stereocenters. The molecule has 1 saturated heterocycles. The molecule has 2 aliphatic rings. The van der Waals surface area contributed by atoms with Crippen molar-refractivity contribution in [3.63, 3.8) is 0 Å². The van der Waals surface area contributed by atoms with Gasteiger partial charge in [-0.15, -0.1) is 0 Å². The van der Waals surface area contributed by atoms with Crippen molar-refractivity contribution in [2.75, 3.05) is 11.4 Å². The van der Waals surface area contributed by atoms with Crippen LogP contribution in [0.15, 0.2) is 65.0 Å². The summed E-state index contributed by atoms with van der Waals surface area (Å²) < 4.78 is 31.3. The van der Waals surface area contributed by atoms with E-state index in [0.29, 0.717) is 46.3 Å². The van der Waals surface area contributed by atoms with Crippen molar-refractivity contribution >= 4 is 22.4 Å². The van der Waals surface area contributed by atoms with Crippen LogP contribution in [0, 0.1) is 0 Å². The van der Waals surface area contributed by atoms with Crippen molar-refractivity contribution in [2.45, 2.75) is 32.2 Å². The van der Waals surface area contributed by atoms with Crippen LogP contribution < -0.4 is 10.5 Å². The Morgan fingerprint density at radius 3 is 2.60 bits per heavy atom. The summed E-state index contributed by atoms with van der Waals surface area (Å²) in [5, 5.41) is 1.15. The highest BCUT2D eigenvalue weighted by Gasteiger charge is 2.34. The van der Waals surface area contributed by atoms with Crippen LogP contribution in [0.3, 0.4) is 0 Å². The highest BCUT2D eigenvalue weighted by atomic mass is 19.3. The van der Waals surface area contributed by atoms with Crippen molar-refractivity contribution in [1.29, 1.82) is 0 Å². The van der Waals surface area contributed by atoms with Crippen LogP contribution in [0.5, 0.6) is 0 Å². The fourth-order valence-corrected chi connectivity index (χ4v) is 4.48. The molecular weight excluding hydrogens is 386 g/mol. The van der Waals surface area contributed by atoms with Gasteiger partial charge in [0.2, 0.25) is 5.91 Å². The molecule has 6 heteroatoms. The summed E-state index contributed by atoms with van der Waals surface area (Å²) in [5.74, 6) is -3.06. The monoisotopic (exact) mass is 406 g/mol. The Morgan fingerprint density at radius 2 is 1.83 bits per heavy atom. The van der Waals surface area contributed by atoms with Crippen LogP contribution >= 0.6 is 0 Å². The summed E-state index contributed by atoms with van der Waals surface area (Å²) in [6.07, 6.45) is 2.25. The van der Waals surface area contributed by atoms with Gasteiger partial charge in [0.25, 0.3) is 11.5 Å². The largest absolute Gasteiger partial charge is 0.312 e. The van der Waals surface area contributed by atoms with E-state index in [1.54, 1.807) is 52.8 Å². The van der Waals surface area contributed by atoms with E-state index >= 15 is 0 Å². The highest BCUT2D eigenvalue weighted by Crippen LogP contribution is 2.40. The molecule has 152 valence electrons. The van der Waals surface area contributed by atoms with Gasteiger partial charge in [-0.2, -0.15) is 8.78 Å². The third-order valence-corrected chi connectivity index (χ3v) is 5.88. The van der Waals surface area contributed by atoms with Gasteiger partial charge in [-0.05, 0) is 43.0 Å². The van der Waals surface area contributed by atoms with E-state index in [-0.39, 0.29) is 23.6 Å². The number of alkyl halides is 2. The Hall–Kier alpha value is -3.28. The third kappa shape index (κ3) is 2.86. The van der Waals surface area contributed by atoms with Crippen molar-refractivity contribution in [2.24, 2.45) is 0 Å². The van der Waals surface area contributed by atoms with Crippen molar-refractivity contribution in [1.82, 2.24) is 4.57 Å². The van der Waals surface area contributed by atoms with Gasteiger partial charge in [0.05, 0.1) is 5.69 Å². The first kappa shape index (κ1) is 18.7. The molecule has 0 radical (unpaired) electrons. The molecule has 0 atom stereocenters. The van der Waals surface area contributed by atoms with Gasteiger partial charge < -0.3 is 9.47 Å². The zero-order valence-corrected chi connectivity index (χ0v) is 16.5. The number of benzene rings is 2. The van der Waals surface area contributed by atoms with Crippen LogP contribution in [-0.4, -0.2) is 17.0 Å². The number of halogens is 2. The van der Waals surface area contributed by atoms with Gasteiger partial charge >= 0.3 is 0 Å². The van der Waals surface area contributed by atoms with Crippen LogP contribution in [0.1, 0.15) is 25.3 Å². The number of pyridine rings is 1. The minimum atomic E-state index is -3.11. The minimum absolute atomic E-state index is 0.0515. The van der Waals surface area contributed by atoms with Gasteiger partial charge in [0.1, 0.15) is 0 Å². The Labute approximate surface area is 172 Å². The lowest BCUT2D eigenvalue weighted by atomic mass is 9.94. The SMILES string of the molecule is CC1=CC(F)(F)c2ccccc2-c2cc3ccc(N4CCCC4=O)cc3c(=O)n2C1. The molecule has 2 aliphatic heterocycles. The number of anilines is 1. The van der Waals surface area contributed by atoms with E-state index in [9.17, 15) is 18.4 Å². The molecule has 0 bridgehead atoms. The van der Waals surface area contributed by atoms with E-state index in [4.69, 9.17) is 0 Å². The van der Waals surface area contributed by atoms with Gasteiger partial charge in [-0.3, -0.25) is 9.59 Å². The minimum Gasteiger partial charge on any atom is -0.312 e. The van der Waals surface area contributed by atoms with Gasteiger partial charge in [0, 0.05) is 41.7 Å². The predicted molar refractivity (Wildman–Crippen MR) is 113 cm³/mol. The lowest BCUT2D eigenvalue weighted by molar-refractivity contribution is -0.117. The molecular formula is C24H20F2N2O2. The van der Waals surface area contributed by atoms with Crippen molar-refractivity contribution in [3.8, 4) is 11.3 Å². The number of carbonyl (C=O) groups is 1. The number of fused-ring (bicyclic) bond motifs is 4. The van der Waals surface area contributed by atoms with Gasteiger partial charge in [0.15, 0.2) is 0 Å². The molecule has 1 fully saturated rings. The fraction of sp³-hybridized carbons (Fsp3) is 0.250. The summed E-state index contributed by atoms with van der Waals surface area (Å²) in [4.78, 5) is 27.3. The van der Waals surface area contributed by atoms with E-state index < -0.39 is 5.92 Å². The highest BCUT2D eigenvalue weighted by molar-refractivity contribution is 5.98. The molecule has 0 N–H and O–H groups in total. The van der Waals surface area contributed by atoms with E-state index in [0.717, 1.165) is 12.5 Å². The number of allylic oxidation sites excluding steroid dienone is 2. The molecule has 5 rings (SSSR count). The molecule has 4 nitrogen and oxygen atoms in total. The molecule has 2 aromatic carbocycles. The second-order valence-corrected chi connectivity index (χ2v) is 8.00. The number of hydrogen-bond donors (Lipinski definition) is 0. The number of hydrogen-bond acceptors (Lipinski definition) is 2. The smallest absolute Gasteiger partial charge is 0.292 e. The Kier molecular flexibility index (Phi) is 4.13. The number of rotatable bonds is 1. The second kappa shape index (κ2) is 6.62. The summed E-state index contributed by atoms with van der Waals surface area (Å²) in [6, 6.07) is 13.5. The first-order chi connectivity index (χ1) is 14.3. The first-order valence-corrected chi connectivity index (χ1v) is 9.99. The molecule has 3 aromatic rings. The van der Waals surface area contributed by atoms with E-state index in [1.807, 2.05) is 6.07 Å². The Balaban J connectivity index is 1.78. The van der Waals surface area contributed by atoms with Crippen LogP contribution in [0.4, 0.5) is 14.5 Å². The molecule has 0 spiro atoms. The second-order valence-electron chi connectivity index (χ2n) is 8.00. The molecule has 0 saturated carbocycles. The van der Waals surface area contributed by atoms with Crippen LogP contribution in [0.25, 0.3) is 22.0 Å². The zero-order valence-electron chi connectivity index (χ0n) is 16.5. The predicted octanol–water partition coefficient (Wildman–Crippen LogP) is 4.85. The molecule has 1 amide bonds. The Morgan fingerprint density at radius 1 is 1.03 bits per heavy atom. The van der Waals surface area contributed by atoms with Crippen LogP contribution in [0.2, 0.25) is 0 Å².